The highest BCUT2D eigenvalue weighted by molar-refractivity contribution is 9.10. The molecule has 0 heterocycles. The molecule has 0 aliphatic carbocycles. The highest BCUT2D eigenvalue weighted by Gasteiger charge is 2.30. The Bertz CT molecular complexity index is 881. The average molecular weight is 455 g/mol. The molecule has 2 aromatic rings. The first-order chi connectivity index (χ1) is 12.2. The van der Waals surface area contributed by atoms with Crippen molar-refractivity contribution in [3.05, 3.63) is 57.3 Å². The minimum absolute atomic E-state index is 0.147. The summed E-state index contributed by atoms with van der Waals surface area (Å²) in [4.78, 5) is 11.9. The number of amides is 1. The predicted molar refractivity (Wildman–Crippen MR) is 90.6 cm³/mol. The molecule has 0 radical (unpaired) electrons. The highest BCUT2D eigenvalue weighted by atomic mass is 79.9. The molecule has 4 nitrogen and oxygen atoms in total. The number of carbonyl (C=O) groups excluding carboxylic acids is 1. The third-order valence-electron chi connectivity index (χ3n) is 3.06. The first kappa shape index (κ1) is 20.0. The molecule has 2 aromatic carbocycles. The maximum absolute atomic E-state index is 13.9. The van der Waals surface area contributed by atoms with Crippen molar-refractivity contribution in [2.75, 3.05) is 12.4 Å². The lowest BCUT2D eigenvalue weighted by atomic mass is 10.1. The smallest absolute Gasteiger partial charge is 0.263 e. The summed E-state index contributed by atoms with van der Waals surface area (Å²) in [6.07, 6.45) is 0. The number of carbonyl (C=O) groups is 1. The first-order valence-electron chi connectivity index (χ1n) is 6.64. The molecule has 0 saturated carbocycles. The lowest BCUT2D eigenvalue weighted by molar-refractivity contribution is 0.0966. The van der Waals surface area contributed by atoms with E-state index in [2.05, 4.69) is 26.0 Å². The second-order valence-electron chi connectivity index (χ2n) is 4.70. The zero-order valence-electron chi connectivity index (χ0n) is 12.7. The van der Waals surface area contributed by atoms with E-state index >= 15 is 0 Å². The van der Waals surface area contributed by atoms with Gasteiger partial charge in [-0.2, -0.15) is 8.78 Å². The zero-order valence-corrected chi connectivity index (χ0v) is 15.1. The Hall–Kier alpha value is -2.27. The molecule has 0 unspecified atom stereocenters. The fourth-order valence-corrected chi connectivity index (χ4v) is 2.44. The molecule has 0 aliphatic rings. The SMILES string of the molecule is COc1c(F)c(F)c(C(=O)NC(=S)Nc2ccc(Br)cc2F)c(F)c1F. The van der Waals surface area contributed by atoms with Crippen LogP contribution >= 0.6 is 28.1 Å². The number of ether oxygens (including phenoxy) is 1. The number of thiocarbonyl (C=S) groups is 1. The van der Waals surface area contributed by atoms with Gasteiger partial charge in [0.05, 0.1) is 12.8 Å². The van der Waals surface area contributed by atoms with E-state index in [1.54, 1.807) is 0 Å². The minimum Gasteiger partial charge on any atom is -0.491 e. The van der Waals surface area contributed by atoms with E-state index < -0.39 is 51.4 Å². The van der Waals surface area contributed by atoms with Crippen LogP contribution in [0.15, 0.2) is 22.7 Å². The predicted octanol–water partition coefficient (Wildman–Crippen LogP) is 4.28. The van der Waals surface area contributed by atoms with Crippen molar-refractivity contribution in [2.45, 2.75) is 0 Å². The van der Waals surface area contributed by atoms with E-state index in [0.29, 0.717) is 4.47 Å². The van der Waals surface area contributed by atoms with Gasteiger partial charge in [0.1, 0.15) is 11.4 Å². The highest BCUT2D eigenvalue weighted by Crippen LogP contribution is 2.29. The van der Waals surface area contributed by atoms with E-state index in [1.807, 2.05) is 5.32 Å². The fourth-order valence-electron chi connectivity index (χ4n) is 1.90. The van der Waals surface area contributed by atoms with Gasteiger partial charge >= 0.3 is 0 Å². The van der Waals surface area contributed by atoms with Crippen LogP contribution < -0.4 is 15.4 Å². The van der Waals surface area contributed by atoms with Crippen LogP contribution in [-0.4, -0.2) is 18.1 Å². The lowest BCUT2D eigenvalue weighted by Gasteiger charge is -2.13. The van der Waals surface area contributed by atoms with Crippen molar-refractivity contribution < 1.29 is 31.5 Å². The van der Waals surface area contributed by atoms with Gasteiger partial charge in [0, 0.05) is 4.47 Å². The van der Waals surface area contributed by atoms with Crippen molar-refractivity contribution >= 4 is 44.9 Å². The molecule has 1 amide bonds. The molecule has 0 spiro atoms. The van der Waals surface area contributed by atoms with Crippen molar-refractivity contribution in [1.82, 2.24) is 5.32 Å². The molecule has 0 saturated heterocycles. The van der Waals surface area contributed by atoms with Gasteiger partial charge in [0.15, 0.2) is 22.5 Å². The molecule has 11 heteroatoms. The Morgan fingerprint density at radius 2 is 1.65 bits per heavy atom. The fraction of sp³-hybridized carbons (Fsp3) is 0.0667. The Morgan fingerprint density at radius 3 is 2.15 bits per heavy atom. The summed E-state index contributed by atoms with van der Waals surface area (Å²) >= 11 is 7.77. The molecule has 26 heavy (non-hydrogen) atoms. The standard InChI is InChI=1S/C15H8BrF5N2O2S/c1-25-13-11(20)9(18)8(10(19)12(13)21)14(24)23-15(26)22-7-3-2-5(16)4-6(7)17/h2-4H,1H3,(H2,22,23,24,26). The molecule has 0 bridgehead atoms. The quantitative estimate of drug-likeness (QED) is 0.412. The normalized spacial score (nSPS) is 10.4. The summed E-state index contributed by atoms with van der Waals surface area (Å²) in [7, 11) is 0.798. The molecular weight excluding hydrogens is 447 g/mol. The second-order valence-corrected chi connectivity index (χ2v) is 6.02. The second kappa shape index (κ2) is 7.96. The monoisotopic (exact) mass is 454 g/mol. The molecule has 2 rings (SSSR count). The van der Waals surface area contributed by atoms with Gasteiger partial charge in [-0.25, -0.2) is 13.2 Å². The third kappa shape index (κ3) is 3.93. The van der Waals surface area contributed by atoms with E-state index in [-0.39, 0.29) is 5.69 Å². The van der Waals surface area contributed by atoms with E-state index in [0.717, 1.165) is 13.2 Å². The van der Waals surface area contributed by atoms with E-state index in [9.17, 15) is 26.7 Å². The van der Waals surface area contributed by atoms with Crippen LogP contribution in [0.2, 0.25) is 0 Å². The van der Waals surface area contributed by atoms with Gasteiger partial charge in [0.25, 0.3) is 5.91 Å². The van der Waals surface area contributed by atoms with Crippen molar-refractivity contribution in [3.8, 4) is 5.75 Å². The first-order valence-corrected chi connectivity index (χ1v) is 7.84. The van der Waals surface area contributed by atoms with Crippen LogP contribution in [0.25, 0.3) is 0 Å². The molecule has 0 atom stereocenters. The van der Waals surface area contributed by atoms with Crippen molar-refractivity contribution in [3.63, 3.8) is 0 Å². The van der Waals surface area contributed by atoms with Crippen molar-refractivity contribution in [2.24, 2.45) is 0 Å². The van der Waals surface area contributed by atoms with E-state index in [1.165, 1.54) is 12.1 Å². The number of nitrogens with one attached hydrogen (secondary N) is 2. The number of anilines is 1. The van der Waals surface area contributed by atoms with Gasteiger partial charge < -0.3 is 10.1 Å². The van der Waals surface area contributed by atoms with Crippen molar-refractivity contribution in [1.29, 1.82) is 0 Å². The lowest BCUT2D eigenvalue weighted by Crippen LogP contribution is -2.35. The summed E-state index contributed by atoms with van der Waals surface area (Å²) in [5.74, 6) is -11.3. The minimum atomic E-state index is -1.96. The van der Waals surface area contributed by atoms with Crippen LogP contribution in [0.4, 0.5) is 27.6 Å². The summed E-state index contributed by atoms with van der Waals surface area (Å²) in [5, 5.41) is 3.53. The van der Waals surface area contributed by atoms with Crippen LogP contribution in [0.3, 0.4) is 0 Å². The Balaban J connectivity index is 2.26. The molecule has 0 aliphatic heterocycles. The number of halogens is 6. The largest absolute Gasteiger partial charge is 0.491 e. The third-order valence-corrected chi connectivity index (χ3v) is 3.76. The topological polar surface area (TPSA) is 50.4 Å². The summed E-state index contributed by atoms with van der Waals surface area (Å²) < 4.78 is 73.4. The average Bonchev–Trinajstić information content (AvgIpc) is 2.56. The Labute approximate surface area is 157 Å². The Kier molecular flexibility index (Phi) is 6.13. The van der Waals surface area contributed by atoms with Gasteiger partial charge in [-0.05, 0) is 30.4 Å². The molecule has 0 fully saturated rings. The molecule has 0 aromatic heterocycles. The number of hydrogen-bond acceptors (Lipinski definition) is 3. The van der Waals surface area contributed by atoms with Crippen LogP contribution in [0.5, 0.6) is 5.75 Å². The maximum Gasteiger partial charge on any atom is 0.263 e. The van der Waals surface area contributed by atoms with Gasteiger partial charge in [-0.1, -0.05) is 15.9 Å². The summed E-state index contributed by atoms with van der Waals surface area (Å²) in [6.45, 7) is 0. The summed E-state index contributed by atoms with van der Waals surface area (Å²) in [6, 6.07) is 3.83. The zero-order chi connectivity index (χ0) is 19.6. The maximum atomic E-state index is 13.9. The molecular formula is C15H8BrF5N2O2S. The van der Waals surface area contributed by atoms with Gasteiger partial charge in [0.2, 0.25) is 11.6 Å². The van der Waals surface area contributed by atoms with Crippen LogP contribution in [0.1, 0.15) is 10.4 Å². The van der Waals surface area contributed by atoms with Crippen LogP contribution in [0, 0.1) is 29.1 Å². The van der Waals surface area contributed by atoms with Gasteiger partial charge in [-0.3, -0.25) is 10.1 Å². The van der Waals surface area contributed by atoms with E-state index in [4.69, 9.17) is 12.2 Å². The van der Waals surface area contributed by atoms with Crippen LogP contribution in [-0.2, 0) is 0 Å². The molecule has 138 valence electrons. The van der Waals surface area contributed by atoms with Gasteiger partial charge in [-0.15, -0.1) is 0 Å². The Morgan fingerprint density at radius 1 is 1.08 bits per heavy atom. The summed E-state index contributed by atoms with van der Waals surface area (Å²) in [5.41, 5.74) is -1.69. The molecule has 2 N–H and O–H groups in total. The number of rotatable bonds is 3. The number of methoxy groups -OCH3 is 1. The number of hydrogen-bond donors (Lipinski definition) is 2. The number of benzene rings is 2.